The highest BCUT2D eigenvalue weighted by molar-refractivity contribution is 7.89. The van der Waals surface area contributed by atoms with Crippen molar-refractivity contribution < 1.29 is 13.2 Å². The van der Waals surface area contributed by atoms with Crippen molar-refractivity contribution in [2.45, 2.75) is 32.1 Å². The lowest BCUT2D eigenvalue weighted by molar-refractivity contribution is -0.120. The molecule has 1 aliphatic heterocycles. The number of benzene rings is 1. The van der Waals surface area contributed by atoms with Gasteiger partial charge in [-0.15, -0.1) is 0 Å². The Morgan fingerprint density at radius 3 is 2.43 bits per heavy atom. The van der Waals surface area contributed by atoms with Gasteiger partial charge in [0.1, 0.15) is 0 Å². The molecule has 1 aromatic rings. The van der Waals surface area contributed by atoms with Crippen molar-refractivity contribution in [3.8, 4) is 0 Å². The lowest BCUT2D eigenvalue weighted by Crippen LogP contribution is -2.38. The van der Waals surface area contributed by atoms with E-state index in [-0.39, 0.29) is 18.1 Å². The molecule has 0 atom stereocenters. The number of hydrogen-bond donors (Lipinski definition) is 1. The normalized spacial score (nSPS) is 16.2. The van der Waals surface area contributed by atoms with Gasteiger partial charge in [0.25, 0.3) is 0 Å². The number of carbonyl (C=O) groups is 1. The number of nitrogens with zero attached hydrogens (tertiary/aromatic N) is 1. The van der Waals surface area contributed by atoms with Crippen molar-refractivity contribution in [2.75, 3.05) is 25.4 Å². The maximum atomic E-state index is 12.2. The van der Waals surface area contributed by atoms with Gasteiger partial charge in [0.05, 0.1) is 5.75 Å². The molecule has 1 aliphatic rings. The summed E-state index contributed by atoms with van der Waals surface area (Å²) in [5.41, 5.74) is 1.08. The minimum atomic E-state index is -3.30. The molecule has 0 unspecified atom stereocenters. The van der Waals surface area contributed by atoms with Crippen LogP contribution in [0.4, 0.5) is 0 Å². The standard InChI is InChI=1S/C16H23ClN2O3S/c17-15-6-4-14(5-7-15)8-10-18-16(20)9-13-23(21,22)19-11-2-1-3-12-19/h4-7H,1-3,8-13H2,(H,18,20). The molecule has 1 amide bonds. The maximum absolute atomic E-state index is 12.2. The zero-order valence-electron chi connectivity index (χ0n) is 13.1. The van der Waals surface area contributed by atoms with E-state index < -0.39 is 10.0 Å². The van der Waals surface area contributed by atoms with Crippen LogP contribution in [0.5, 0.6) is 0 Å². The van der Waals surface area contributed by atoms with Gasteiger partial charge >= 0.3 is 0 Å². The van der Waals surface area contributed by atoms with Gasteiger partial charge in [-0.1, -0.05) is 30.2 Å². The third-order valence-corrected chi connectivity index (χ3v) is 6.07. The number of rotatable bonds is 7. The first-order valence-electron chi connectivity index (χ1n) is 7.96. The summed E-state index contributed by atoms with van der Waals surface area (Å²) in [4.78, 5) is 11.8. The third kappa shape index (κ3) is 6.12. The maximum Gasteiger partial charge on any atom is 0.221 e. The van der Waals surface area contributed by atoms with Gasteiger partial charge < -0.3 is 5.32 Å². The van der Waals surface area contributed by atoms with Crippen LogP contribution in [-0.4, -0.2) is 44.0 Å². The molecule has 5 nitrogen and oxygen atoms in total. The number of amides is 1. The number of hydrogen-bond acceptors (Lipinski definition) is 3. The Labute approximate surface area is 143 Å². The smallest absolute Gasteiger partial charge is 0.221 e. The SMILES string of the molecule is O=C(CCS(=O)(=O)N1CCCCC1)NCCc1ccc(Cl)cc1. The minimum absolute atomic E-state index is 0.0133. The van der Waals surface area contributed by atoms with Gasteiger partial charge in [-0.3, -0.25) is 4.79 Å². The van der Waals surface area contributed by atoms with Gasteiger partial charge in [-0.25, -0.2) is 12.7 Å². The summed E-state index contributed by atoms with van der Waals surface area (Å²) in [6, 6.07) is 7.44. The molecule has 1 heterocycles. The first kappa shape index (κ1) is 18.2. The largest absolute Gasteiger partial charge is 0.356 e. The molecular formula is C16H23ClN2O3S. The second kappa shape index (κ2) is 8.66. The Bertz CT molecular complexity index is 611. The van der Waals surface area contributed by atoms with Crippen molar-refractivity contribution in [1.82, 2.24) is 9.62 Å². The first-order valence-corrected chi connectivity index (χ1v) is 9.95. The summed E-state index contributed by atoms with van der Waals surface area (Å²) in [5.74, 6) is -0.334. The summed E-state index contributed by atoms with van der Waals surface area (Å²) >= 11 is 5.81. The summed E-state index contributed by atoms with van der Waals surface area (Å²) in [5, 5.41) is 3.45. The van der Waals surface area contributed by atoms with Crippen LogP contribution >= 0.6 is 11.6 Å². The Morgan fingerprint density at radius 1 is 1.13 bits per heavy atom. The van der Waals surface area contributed by atoms with Gasteiger partial charge in [0.15, 0.2) is 0 Å². The van der Waals surface area contributed by atoms with E-state index in [0.717, 1.165) is 24.8 Å². The fourth-order valence-electron chi connectivity index (χ4n) is 2.58. The van der Waals surface area contributed by atoms with E-state index in [4.69, 9.17) is 11.6 Å². The van der Waals surface area contributed by atoms with E-state index in [1.165, 1.54) is 4.31 Å². The Kier molecular flexibility index (Phi) is 6.87. The molecule has 0 saturated carbocycles. The van der Waals surface area contributed by atoms with Crippen molar-refractivity contribution in [1.29, 1.82) is 0 Å². The molecule has 23 heavy (non-hydrogen) atoms. The van der Waals surface area contributed by atoms with Gasteiger partial charge in [0.2, 0.25) is 15.9 Å². The predicted octanol–water partition coefficient (Wildman–Crippen LogP) is 2.20. The lowest BCUT2D eigenvalue weighted by atomic mass is 10.1. The van der Waals surface area contributed by atoms with Gasteiger partial charge in [0, 0.05) is 31.1 Å². The van der Waals surface area contributed by atoms with Crippen LogP contribution in [0.15, 0.2) is 24.3 Å². The topological polar surface area (TPSA) is 66.5 Å². The molecule has 1 aromatic carbocycles. The number of carbonyl (C=O) groups excluding carboxylic acids is 1. The van der Waals surface area contributed by atoms with Crippen LogP contribution in [0, 0.1) is 0 Å². The Morgan fingerprint density at radius 2 is 1.78 bits per heavy atom. The molecule has 2 rings (SSSR count). The van der Waals surface area contributed by atoms with Crippen LogP contribution in [-0.2, 0) is 21.2 Å². The van der Waals surface area contributed by atoms with E-state index in [1.807, 2.05) is 24.3 Å². The molecule has 0 radical (unpaired) electrons. The molecule has 0 aliphatic carbocycles. The zero-order valence-corrected chi connectivity index (χ0v) is 14.7. The average molecular weight is 359 g/mol. The Hall–Kier alpha value is -1.11. The molecule has 1 saturated heterocycles. The van der Waals surface area contributed by atoms with Crippen LogP contribution in [0.1, 0.15) is 31.2 Å². The fraction of sp³-hybridized carbons (Fsp3) is 0.562. The van der Waals surface area contributed by atoms with Crippen molar-refractivity contribution in [2.24, 2.45) is 0 Å². The van der Waals surface area contributed by atoms with Crippen molar-refractivity contribution >= 4 is 27.5 Å². The van der Waals surface area contributed by atoms with Crippen LogP contribution in [0.3, 0.4) is 0 Å². The lowest BCUT2D eigenvalue weighted by Gasteiger charge is -2.25. The molecule has 128 valence electrons. The molecule has 0 spiro atoms. The highest BCUT2D eigenvalue weighted by Gasteiger charge is 2.24. The number of sulfonamides is 1. The third-order valence-electron chi connectivity index (χ3n) is 3.94. The predicted molar refractivity (Wildman–Crippen MR) is 92.0 cm³/mol. The van der Waals surface area contributed by atoms with Gasteiger partial charge in [-0.2, -0.15) is 0 Å². The second-order valence-corrected chi connectivity index (χ2v) is 8.28. The van der Waals surface area contributed by atoms with Crippen molar-refractivity contribution in [3.63, 3.8) is 0 Å². The molecule has 0 bridgehead atoms. The minimum Gasteiger partial charge on any atom is -0.356 e. The van der Waals surface area contributed by atoms with Crippen molar-refractivity contribution in [3.05, 3.63) is 34.9 Å². The quantitative estimate of drug-likeness (QED) is 0.812. The summed E-state index contributed by atoms with van der Waals surface area (Å²) in [6.45, 7) is 1.66. The van der Waals surface area contributed by atoms with Crippen LogP contribution < -0.4 is 5.32 Å². The van der Waals surface area contributed by atoms with Gasteiger partial charge in [-0.05, 0) is 37.0 Å². The van der Waals surface area contributed by atoms with E-state index in [1.54, 1.807) is 0 Å². The fourth-order valence-corrected chi connectivity index (χ4v) is 4.22. The van der Waals surface area contributed by atoms with E-state index in [9.17, 15) is 13.2 Å². The molecular weight excluding hydrogens is 336 g/mol. The average Bonchev–Trinajstić information content (AvgIpc) is 2.56. The summed E-state index contributed by atoms with van der Waals surface area (Å²) in [6.07, 6.45) is 3.61. The first-order chi connectivity index (χ1) is 11.0. The highest BCUT2D eigenvalue weighted by Crippen LogP contribution is 2.14. The Balaban J connectivity index is 1.69. The summed E-state index contributed by atoms with van der Waals surface area (Å²) in [7, 11) is -3.30. The second-order valence-electron chi connectivity index (χ2n) is 5.75. The molecule has 1 fully saturated rings. The van der Waals surface area contributed by atoms with E-state index >= 15 is 0 Å². The number of nitrogens with one attached hydrogen (secondary N) is 1. The molecule has 7 heteroatoms. The monoisotopic (exact) mass is 358 g/mol. The van der Waals surface area contributed by atoms with E-state index in [0.29, 0.717) is 31.1 Å². The summed E-state index contributed by atoms with van der Waals surface area (Å²) < 4.78 is 25.8. The molecule has 0 aromatic heterocycles. The number of halogens is 1. The zero-order chi connectivity index (χ0) is 16.7. The highest BCUT2D eigenvalue weighted by atomic mass is 35.5. The van der Waals surface area contributed by atoms with Crippen LogP contribution in [0.2, 0.25) is 5.02 Å². The molecule has 1 N–H and O–H groups in total. The number of piperidine rings is 1. The van der Waals surface area contributed by atoms with E-state index in [2.05, 4.69) is 5.32 Å². The van der Waals surface area contributed by atoms with Crippen LogP contribution in [0.25, 0.3) is 0 Å².